The fraction of sp³-hybridized carbons (Fsp3) is 0.0769. The monoisotopic (exact) mass is 226 g/mol. The summed E-state index contributed by atoms with van der Waals surface area (Å²) in [6.07, 6.45) is 0. The Morgan fingerprint density at radius 3 is 1.76 bits per heavy atom. The van der Waals surface area contributed by atoms with Gasteiger partial charge in [-0.2, -0.15) is 0 Å². The van der Waals surface area contributed by atoms with Gasteiger partial charge in [0.05, 0.1) is 0 Å². The summed E-state index contributed by atoms with van der Waals surface area (Å²) in [7, 11) is 1.66. The highest BCUT2D eigenvalue weighted by Crippen LogP contribution is 2.28. The van der Waals surface area contributed by atoms with Gasteiger partial charge in [-0.1, -0.05) is 12.1 Å². The molecule has 17 heavy (non-hydrogen) atoms. The summed E-state index contributed by atoms with van der Waals surface area (Å²) in [6.45, 7) is -0.124. The maximum Gasteiger partial charge on any atom is 0.362 e. The van der Waals surface area contributed by atoms with Crippen molar-refractivity contribution in [3.8, 4) is 22.6 Å². The van der Waals surface area contributed by atoms with Crippen LogP contribution in [0.1, 0.15) is 0 Å². The topological polar surface area (TPSA) is 49.7 Å². The molecule has 0 atom stereocenters. The van der Waals surface area contributed by atoms with E-state index in [4.69, 9.17) is 4.65 Å². The number of benzene rings is 2. The SMILES string of the molecule is COB1c2ccc(O)cc2-c2cc(O)ccc21. The highest BCUT2D eigenvalue weighted by Gasteiger charge is 2.33. The summed E-state index contributed by atoms with van der Waals surface area (Å²) in [6, 6.07) is 10.4. The van der Waals surface area contributed by atoms with Crippen LogP contribution >= 0.6 is 0 Å². The Morgan fingerprint density at radius 1 is 0.882 bits per heavy atom. The first-order valence-electron chi connectivity index (χ1n) is 5.39. The minimum Gasteiger partial charge on any atom is -0.508 e. The van der Waals surface area contributed by atoms with Gasteiger partial charge in [-0.05, 0) is 46.3 Å². The van der Waals surface area contributed by atoms with Gasteiger partial charge in [-0.25, -0.2) is 0 Å². The van der Waals surface area contributed by atoms with Crippen molar-refractivity contribution in [2.75, 3.05) is 7.11 Å². The number of aromatic hydroxyl groups is 2. The van der Waals surface area contributed by atoms with Gasteiger partial charge >= 0.3 is 6.92 Å². The van der Waals surface area contributed by atoms with E-state index in [9.17, 15) is 10.2 Å². The molecular weight excluding hydrogens is 215 g/mol. The average Bonchev–Trinajstić information content (AvgIpc) is 2.62. The van der Waals surface area contributed by atoms with E-state index in [0.29, 0.717) is 0 Å². The predicted molar refractivity (Wildman–Crippen MR) is 67.2 cm³/mol. The molecule has 0 radical (unpaired) electrons. The van der Waals surface area contributed by atoms with Crippen LogP contribution in [0.3, 0.4) is 0 Å². The van der Waals surface area contributed by atoms with Crippen molar-refractivity contribution in [2.45, 2.75) is 0 Å². The minimum absolute atomic E-state index is 0.124. The van der Waals surface area contributed by atoms with E-state index < -0.39 is 0 Å². The van der Waals surface area contributed by atoms with E-state index in [2.05, 4.69) is 0 Å². The molecule has 1 aliphatic heterocycles. The third-order valence-corrected chi connectivity index (χ3v) is 3.16. The number of phenolic OH excluding ortho intramolecular Hbond substituents is 2. The van der Waals surface area contributed by atoms with Crippen LogP contribution in [0, 0.1) is 0 Å². The van der Waals surface area contributed by atoms with Crippen LogP contribution in [-0.4, -0.2) is 24.2 Å². The Kier molecular flexibility index (Phi) is 2.13. The molecule has 1 aliphatic rings. The summed E-state index contributed by atoms with van der Waals surface area (Å²) in [5.41, 5.74) is 3.88. The normalized spacial score (nSPS) is 12.4. The lowest BCUT2D eigenvalue weighted by atomic mass is 9.59. The Hall–Kier alpha value is -1.94. The molecule has 2 aromatic carbocycles. The maximum atomic E-state index is 9.55. The van der Waals surface area contributed by atoms with Gasteiger partial charge in [0.15, 0.2) is 0 Å². The van der Waals surface area contributed by atoms with Crippen LogP contribution in [0.2, 0.25) is 0 Å². The lowest BCUT2D eigenvalue weighted by Gasteiger charge is -2.06. The van der Waals surface area contributed by atoms with E-state index in [1.165, 1.54) is 0 Å². The first-order chi connectivity index (χ1) is 8.20. The van der Waals surface area contributed by atoms with Gasteiger partial charge < -0.3 is 14.9 Å². The van der Waals surface area contributed by atoms with Crippen LogP contribution in [0.4, 0.5) is 0 Å². The molecule has 0 unspecified atom stereocenters. The molecule has 0 saturated carbocycles. The molecule has 0 aromatic heterocycles. The van der Waals surface area contributed by atoms with Gasteiger partial charge in [0.25, 0.3) is 0 Å². The third-order valence-electron chi connectivity index (χ3n) is 3.16. The Bertz CT molecular complexity index is 544. The fourth-order valence-corrected chi connectivity index (χ4v) is 2.43. The minimum atomic E-state index is -0.124. The van der Waals surface area contributed by atoms with Crippen LogP contribution in [0.5, 0.6) is 11.5 Å². The zero-order valence-corrected chi connectivity index (χ0v) is 9.34. The van der Waals surface area contributed by atoms with Crippen molar-refractivity contribution in [1.29, 1.82) is 0 Å². The van der Waals surface area contributed by atoms with Crippen LogP contribution in [0.15, 0.2) is 36.4 Å². The molecule has 1 heterocycles. The van der Waals surface area contributed by atoms with Gasteiger partial charge in [-0.3, -0.25) is 0 Å². The summed E-state index contributed by atoms with van der Waals surface area (Å²) < 4.78 is 5.48. The van der Waals surface area contributed by atoms with E-state index in [0.717, 1.165) is 22.1 Å². The van der Waals surface area contributed by atoms with Gasteiger partial charge in [0.2, 0.25) is 0 Å². The molecule has 2 aromatic rings. The molecular formula is C13H11BO3. The van der Waals surface area contributed by atoms with Gasteiger partial charge in [0.1, 0.15) is 11.5 Å². The van der Waals surface area contributed by atoms with Crippen molar-refractivity contribution < 1.29 is 14.9 Å². The number of hydrogen-bond acceptors (Lipinski definition) is 3. The molecule has 84 valence electrons. The van der Waals surface area contributed by atoms with Gasteiger partial charge in [-0.15, -0.1) is 0 Å². The maximum absolute atomic E-state index is 9.55. The Balaban J connectivity index is 2.31. The molecule has 2 N–H and O–H groups in total. The average molecular weight is 226 g/mol. The zero-order chi connectivity index (χ0) is 12.0. The summed E-state index contributed by atoms with van der Waals surface area (Å²) in [4.78, 5) is 0. The molecule has 3 nitrogen and oxygen atoms in total. The van der Waals surface area contributed by atoms with E-state index in [1.807, 2.05) is 12.1 Å². The quantitative estimate of drug-likeness (QED) is 0.708. The zero-order valence-electron chi connectivity index (χ0n) is 9.34. The molecule has 0 bridgehead atoms. The lowest BCUT2D eigenvalue weighted by molar-refractivity contribution is 0.440. The number of rotatable bonds is 1. The van der Waals surface area contributed by atoms with E-state index in [1.54, 1.807) is 31.4 Å². The second-order valence-corrected chi connectivity index (χ2v) is 4.16. The van der Waals surface area contributed by atoms with Crippen molar-refractivity contribution in [2.24, 2.45) is 0 Å². The molecule has 0 spiro atoms. The molecule has 0 fully saturated rings. The van der Waals surface area contributed by atoms with Crippen molar-refractivity contribution >= 4 is 17.8 Å². The highest BCUT2D eigenvalue weighted by atomic mass is 16.4. The van der Waals surface area contributed by atoms with Crippen LogP contribution in [0.25, 0.3) is 11.1 Å². The summed E-state index contributed by atoms with van der Waals surface area (Å²) >= 11 is 0. The predicted octanol–water partition coefficient (Wildman–Crippen LogP) is 0.830. The number of fused-ring (bicyclic) bond motifs is 3. The summed E-state index contributed by atoms with van der Waals surface area (Å²) in [5, 5.41) is 19.1. The van der Waals surface area contributed by atoms with Crippen molar-refractivity contribution in [3.05, 3.63) is 36.4 Å². The number of hydrogen-bond donors (Lipinski definition) is 2. The number of phenols is 2. The third kappa shape index (κ3) is 1.41. The largest absolute Gasteiger partial charge is 0.508 e. The Morgan fingerprint density at radius 2 is 1.35 bits per heavy atom. The van der Waals surface area contributed by atoms with Gasteiger partial charge in [0, 0.05) is 7.11 Å². The molecule has 4 heteroatoms. The van der Waals surface area contributed by atoms with Crippen LogP contribution < -0.4 is 10.9 Å². The Labute approximate surface area is 99.4 Å². The molecule has 0 aliphatic carbocycles. The lowest BCUT2D eigenvalue weighted by Crippen LogP contribution is -2.39. The molecule has 0 saturated heterocycles. The second-order valence-electron chi connectivity index (χ2n) is 4.16. The van der Waals surface area contributed by atoms with Crippen molar-refractivity contribution in [1.82, 2.24) is 0 Å². The molecule has 3 rings (SSSR count). The smallest absolute Gasteiger partial charge is 0.362 e. The second kappa shape index (κ2) is 3.53. The molecule has 0 amide bonds. The van der Waals surface area contributed by atoms with Crippen LogP contribution in [-0.2, 0) is 4.65 Å². The standard InChI is InChI=1S/C13H11BO3/c1-17-14-12-4-2-8(15)6-10(12)11-7-9(16)3-5-13(11)14/h2-7,15-16H,1H3. The summed E-state index contributed by atoms with van der Waals surface area (Å²) in [5.74, 6) is 0.435. The van der Waals surface area contributed by atoms with Crippen molar-refractivity contribution in [3.63, 3.8) is 0 Å². The first kappa shape index (κ1) is 10.2. The van der Waals surface area contributed by atoms with E-state index in [-0.39, 0.29) is 18.4 Å². The first-order valence-corrected chi connectivity index (χ1v) is 5.39. The fourth-order valence-electron chi connectivity index (χ4n) is 2.43. The highest BCUT2D eigenvalue weighted by molar-refractivity contribution is 6.84. The van der Waals surface area contributed by atoms with E-state index >= 15 is 0 Å².